The number of aromatic nitrogens is 2. The second kappa shape index (κ2) is 8.76. The van der Waals surface area contributed by atoms with Crippen LogP contribution in [0.2, 0.25) is 5.02 Å². The molecule has 146 valence electrons. The third kappa shape index (κ3) is 4.74. The van der Waals surface area contributed by atoms with Crippen molar-refractivity contribution >= 4 is 11.6 Å². The monoisotopic (exact) mass is 386 g/mol. The van der Waals surface area contributed by atoms with E-state index >= 15 is 0 Å². The molecule has 0 saturated carbocycles. The molecule has 0 unspecified atom stereocenters. The average molecular weight is 387 g/mol. The van der Waals surface area contributed by atoms with E-state index < -0.39 is 0 Å². The third-order valence-electron chi connectivity index (χ3n) is 6.45. The number of halogens is 1. The number of hydrogen-bond acceptors (Lipinski definition) is 3. The van der Waals surface area contributed by atoms with Gasteiger partial charge in [0.05, 0.1) is 12.0 Å². The smallest absolute Gasteiger partial charge is 0.0948 e. The van der Waals surface area contributed by atoms with Gasteiger partial charge in [-0.25, -0.2) is 4.98 Å². The Kier molecular flexibility index (Phi) is 6.16. The zero-order chi connectivity index (χ0) is 18.6. The van der Waals surface area contributed by atoms with E-state index in [0.717, 1.165) is 36.5 Å². The van der Waals surface area contributed by atoms with Crippen LogP contribution >= 0.6 is 11.6 Å². The van der Waals surface area contributed by atoms with E-state index in [4.69, 9.17) is 11.6 Å². The molecule has 0 aliphatic carbocycles. The highest BCUT2D eigenvalue weighted by Gasteiger charge is 2.31. The molecule has 0 amide bonds. The summed E-state index contributed by atoms with van der Waals surface area (Å²) >= 11 is 6.00. The first kappa shape index (κ1) is 19.0. The molecule has 5 heteroatoms. The first-order chi connectivity index (χ1) is 13.2. The molecule has 2 aromatic rings. The Morgan fingerprint density at radius 3 is 2.41 bits per heavy atom. The normalized spacial score (nSPS) is 22.5. The Morgan fingerprint density at radius 2 is 1.67 bits per heavy atom. The van der Waals surface area contributed by atoms with E-state index in [1.807, 2.05) is 24.7 Å². The molecule has 2 aliphatic rings. The molecule has 27 heavy (non-hydrogen) atoms. The standard InChI is InChI=1S/C22H31ClN4/c1-2-27-17-24-13-22(27)16-25-10-7-19(8-11-25)20-9-12-26(15-20)14-18-3-5-21(23)6-4-18/h3-6,13,17,19-20H,2,7-12,14-16H2,1H3/t20-/m0/s1. The lowest BCUT2D eigenvalue weighted by atomic mass is 9.84. The Bertz CT molecular complexity index is 718. The van der Waals surface area contributed by atoms with Crippen LogP contribution in [0.5, 0.6) is 0 Å². The molecule has 4 nitrogen and oxygen atoms in total. The van der Waals surface area contributed by atoms with E-state index in [2.05, 4.69) is 38.4 Å². The second-order valence-corrected chi connectivity index (χ2v) is 8.63. The van der Waals surface area contributed by atoms with Crippen LogP contribution in [-0.4, -0.2) is 45.5 Å². The van der Waals surface area contributed by atoms with Crippen molar-refractivity contribution in [2.45, 2.75) is 45.8 Å². The largest absolute Gasteiger partial charge is 0.334 e. The van der Waals surface area contributed by atoms with Crippen molar-refractivity contribution < 1.29 is 0 Å². The Labute approximate surface area is 168 Å². The van der Waals surface area contributed by atoms with Gasteiger partial charge in [0.15, 0.2) is 0 Å². The first-order valence-corrected chi connectivity index (χ1v) is 10.8. The van der Waals surface area contributed by atoms with E-state index in [1.165, 1.54) is 56.7 Å². The van der Waals surface area contributed by atoms with E-state index in [9.17, 15) is 0 Å². The zero-order valence-corrected chi connectivity index (χ0v) is 17.1. The molecule has 0 radical (unpaired) electrons. The van der Waals surface area contributed by atoms with Crippen LogP contribution in [0.4, 0.5) is 0 Å². The molecule has 2 saturated heterocycles. The lowest BCUT2D eigenvalue weighted by molar-refractivity contribution is 0.139. The minimum Gasteiger partial charge on any atom is -0.334 e. The van der Waals surface area contributed by atoms with Gasteiger partial charge in [0.2, 0.25) is 0 Å². The van der Waals surface area contributed by atoms with Gasteiger partial charge in [-0.05, 0) is 75.4 Å². The van der Waals surface area contributed by atoms with Gasteiger partial charge in [-0.2, -0.15) is 0 Å². The number of likely N-dealkylation sites (tertiary alicyclic amines) is 2. The summed E-state index contributed by atoms with van der Waals surface area (Å²) in [7, 11) is 0. The lowest BCUT2D eigenvalue weighted by Crippen LogP contribution is -2.36. The highest BCUT2D eigenvalue weighted by molar-refractivity contribution is 6.30. The van der Waals surface area contributed by atoms with Gasteiger partial charge >= 0.3 is 0 Å². The minimum absolute atomic E-state index is 0.826. The van der Waals surface area contributed by atoms with Crippen LogP contribution in [0.15, 0.2) is 36.8 Å². The number of imidazole rings is 1. The predicted molar refractivity (Wildman–Crippen MR) is 111 cm³/mol. The molecule has 0 N–H and O–H groups in total. The van der Waals surface area contributed by atoms with Gasteiger partial charge in [-0.3, -0.25) is 9.80 Å². The maximum Gasteiger partial charge on any atom is 0.0948 e. The molecule has 1 atom stereocenters. The minimum atomic E-state index is 0.826. The van der Waals surface area contributed by atoms with Crippen LogP contribution in [0.1, 0.15) is 37.4 Å². The number of piperidine rings is 1. The Morgan fingerprint density at radius 1 is 0.963 bits per heavy atom. The summed E-state index contributed by atoms with van der Waals surface area (Å²) in [5.74, 6) is 1.77. The van der Waals surface area contributed by atoms with Crippen molar-refractivity contribution in [3.8, 4) is 0 Å². The fourth-order valence-corrected chi connectivity index (χ4v) is 4.94. The lowest BCUT2D eigenvalue weighted by Gasteiger charge is -2.35. The van der Waals surface area contributed by atoms with Crippen molar-refractivity contribution in [2.24, 2.45) is 11.8 Å². The van der Waals surface area contributed by atoms with Crippen LogP contribution in [0, 0.1) is 11.8 Å². The highest BCUT2D eigenvalue weighted by Crippen LogP contribution is 2.33. The summed E-state index contributed by atoms with van der Waals surface area (Å²) in [4.78, 5) is 9.54. The van der Waals surface area contributed by atoms with E-state index in [1.54, 1.807) is 0 Å². The quantitative estimate of drug-likeness (QED) is 0.740. The van der Waals surface area contributed by atoms with Gasteiger partial charge < -0.3 is 4.57 Å². The summed E-state index contributed by atoms with van der Waals surface area (Å²) < 4.78 is 2.26. The van der Waals surface area contributed by atoms with Gasteiger partial charge in [-0.1, -0.05) is 23.7 Å². The molecular weight excluding hydrogens is 356 g/mol. The van der Waals surface area contributed by atoms with Gasteiger partial charge in [-0.15, -0.1) is 0 Å². The second-order valence-electron chi connectivity index (χ2n) is 8.19. The predicted octanol–water partition coefficient (Wildman–Crippen LogP) is 4.29. The molecule has 4 rings (SSSR count). The maximum absolute atomic E-state index is 6.00. The molecule has 0 spiro atoms. The summed E-state index contributed by atoms with van der Waals surface area (Å²) in [5.41, 5.74) is 2.73. The number of rotatable bonds is 6. The molecule has 2 aliphatic heterocycles. The van der Waals surface area contributed by atoms with Crippen LogP contribution in [-0.2, 0) is 19.6 Å². The maximum atomic E-state index is 6.00. The van der Waals surface area contributed by atoms with Crippen molar-refractivity contribution in [2.75, 3.05) is 26.2 Å². The van der Waals surface area contributed by atoms with E-state index in [-0.39, 0.29) is 0 Å². The number of nitrogens with zero attached hydrogens (tertiary/aromatic N) is 4. The van der Waals surface area contributed by atoms with Crippen molar-refractivity contribution in [3.63, 3.8) is 0 Å². The summed E-state index contributed by atoms with van der Waals surface area (Å²) in [5, 5.41) is 0.826. The van der Waals surface area contributed by atoms with Crippen LogP contribution < -0.4 is 0 Å². The average Bonchev–Trinajstić information content (AvgIpc) is 3.33. The Hall–Kier alpha value is -1.36. The molecule has 1 aromatic heterocycles. The van der Waals surface area contributed by atoms with Crippen molar-refractivity contribution in [3.05, 3.63) is 53.1 Å². The molecular formula is C22H31ClN4. The van der Waals surface area contributed by atoms with Gasteiger partial charge in [0.25, 0.3) is 0 Å². The summed E-state index contributed by atoms with van der Waals surface area (Å²) in [6, 6.07) is 8.33. The Balaban J connectivity index is 1.23. The summed E-state index contributed by atoms with van der Waals surface area (Å²) in [6.07, 6.45) is 8.04. The van der Waals surface area contributed by atoms with E-state index in [0.29, 0.717) is 0 Å². The molecule has 1 aromatic carbocycles. The van der Waals surface area contributed by atoms with Gasteiger partial charge in [0, 0.05) is 37.4 Å². The first-order valence-electron chi connectivity index (χ1n) is 10.4. The fraction of sp³-hybridized carbons (Fsp3) is 0.591. The molecule has 3 heterocycles. The number of hydrogen-bond donors (Lipinski definition) is 0. The van der Waals surface area contributed by atoms with Gasteiger partial charge in [0.1, 0.15) is 0 Å². The van der Waals surface area contributed by atoms with Crippen molar-refractivity contribution in [1.82, 2.24) is 19.4 Å². The molecule has 0 bridgehead atoms. The third-order valence-corrected chi connectivity index (χ3v) is 6.70. The molecule has 2 fully saturated rings. The highest BCUT2D eigenvalue weighted by atomic mass is 35.5. The zero-order valence-electron chi connectivity index (χ0n) is 16.4. The topological polar surface area (TPSA) is 24.3 Å². The van der Waals surface area contributed by atoms with Crippen LogP contribution in [0.25, 0.3) is 0 Å². The number of benzene rings is 1. The summed E-state index contributed by atoms with van der Waals surface area (Å²) in [6.45, 7) is 10.3. The van der Waals surface area contributed by atoms with Crippen LogP contribution in [0.3, 0.4) is 0 Å². The fourth-order valence-electron chi connectivity index (χ4n) is 4.82. The number of aryl methyl sites for hydroxylation is 1. The van der Waals surface area contributed by atoms with Crippen molar-refractivity contribution in [1.29, 1.82) is 0 Å². The SMILES string of the molecule is CCn1cncc1CN1CCC([C@H]2CCN(Cc3ccc(Cl)cc3)C2)CC1.